The highest BCUT2D eigenvalue weighted by Gasteiger charge is 2.51. The molecular weight excluding hydrogens is 860 g/mol. The fourth-order valence-corrected chi connectivity index (χ4v) is 5.76. The number of carboxylic acids is 1. The van der Waals surface area contributed by atoms with E-state index in [4.69, 9.17) is 24.9 Å². The molecule has 300 valence electrons. The molecular formula is C41H46BBr2F3N2O7. The van der Waals surface area contributed by atoms with Gasteiger partial charge in [0.2, 0.25) is 5.76 Å². The molecule has 1 unspecified atom stereocenters. The summed E-state index contributed by atoms with van der Waals surface area (Å²) in [5.74, 6) is -2.13. The monoisotopic (exact) mass is 904 g/mol. The number of ether oxygens (including phenoxy) is 1. The van der Waals surface area contributed by atoms with Crippen molar-refractivity contribution in [2.45, 2.75) is 83.6 Å². The van der Waals surface area contributed by atoms with Crippen molar-refractivity contribution in [1.82, 2.24) is 4.98 Å². The van der Waals surface area contributed by atoms with E-state index in [1.807, 2.05) is 108 Å². The lowest BCUT2D eigenvalue weighted by molar-refractivity contribution is -0.153. The van der Waals surface area contributed by atoms with Crippen molar-refractivity contribution in [3.05, 3.63) is 129 Å². The van der Waals surface area contributed by atoms with Crippen molar-refractivity contribution in [2.24, 2.45) is 5.73 Å². The van der Waals surface area contributed by atoms with E-state index >= 15 is 0 Å². The van der Waals surface area contributed by atoms with Crippen LogP contribution < -0.4 is 11.2 Å². The molecule has 0 radical (unpaired) electrons. The molecule has 1 aliphatic rings. The smallest absolute Gasteiger partial charge is 0.478 e. The number of furan rings is 1. The summed E-state index contributed by atoms with van der Waals surface area (Å²) in [6.07, 6.45) is -4.37. The Balaban J connectivity index is 0.000000211. The number of carbonyl (C=O) groups is 2. The Morgan fingerprint density at radius 3 is 2.05 bits per heavy atom. The van der Waals surface area contributed by atoms with Gasteiger partial charge in [0.05, 0.1) is 40.6 Å². The molecule has 0 spiro atoms. The number of halogens is 5. The summed E-state index contributed by atoms with van der Waals surface area (Å²) in [6, 6.07) is 25.2. The number of aromatic nitrogens is 1. The highest BCUT2D eigenvalue weighted by Crippen LogP contribution is 2.36. The van der Waals surface area contributed by atoms with Crippen LogP contribution in [0.3, 0.4) is 0 Å². The molecule has 0 aliphatic carbocycles. The Morgan fingerprint density at radius 1 is 0.946 bits per heavy atom. The van der Waals surface area contributed by atoms with Gasteiger partial charge in [0.15, 0.2) is 0 Å². The average molecular weight is 906 g/mol. The zero-order valence-electron chi connectivity index (χ0n) is 32.5. The number of fused-ring (bicyclic) bond motifs is 1. The number of hydrogen-bond acceptors (Lipinski definition) is 8. The lowest BCUT2D eigenvalue weighted by atomic mass is 9.77. The van der Waals surface area contributed by atoms with Gasteiger partial charge in [-0.15, -0.1) is 0 Å². The number of rotatable bonds is 6. The van der Waals surface area contributed by atoms with Crippen molar-refractivity contribution in [1.29, 1.82) is 0 Å². The number of alkyl halides is 4. The first-order chi connectivity index (χ1) is 26.1. The third-order valence-corrected chi connectivity index (χ3v) is 10.4. The van der Waals surface area contributed by atoms with Crippen molar-refractivity contribution >= 4 is 67.3 Å². The van der Waals surface area contributed by atoms with Crippen molar-refractivity contribution < 1.29 is 46.3 Å². The van der Waals surface area contributed by atoms with E-state index in [-0.39, 0.29) is 28.8 Å². The average Bonchev–Trinajstić information content (AvgIpc) is 3.74. The largest absolute Gasteiger partial charge is 0.494 e. The van der Waals surface area contributed by atoms with Gasteiger partial charge in [-0.05, 0) is 101 Å². The van der Waals surface area contributed by atoms with Crippen molar-refractivity contribution in [3.8, 4) is 0 Å². The van der Waals surface area contributed by atoms with Crippen LogP contribution in [0.4, 0.5) is 13.2 Å². The fraction of sp³-hybridized carbons (Fsp3) is 0.341. The maximum absolute atomic E-state index is 11.8. The second-order valence-electron chi connectivity index (χ2n) is 13.8. The Labute approximate surface area is 342 Å². The predicted octanol–water partition coefficient (Wildman–Crippen LogP) is 9.91. The maximum Gasteiger partial charge on any atom is 0.494 e. The molecule has 1 aliphatic heterocycles. The molecule has 3 heterocycles. The standard InChI is InChI=1S/C16H23BO4.C12H11NO2.C7H8BrN.C6H4BrF3O/c1-11(14(18)19-6)12-8-7-9-13(10-12)17-20-15(2,3)16(4,5)21-17;1-7-8(2)13-10-6-4-3-5-9(10)11(7)12(14)15;8-7-3-1-6(5-9)2-4-7;7-3-4-1-2-5(11-4)6(8,9)10/h7-11H,1-6H3;3-6H,1-2H3,(H,14,15);1-4H,5,9H2;1-2H,3H2. The lowest BCUT2D eigenvalue weighted by Crippen LogP contribution is -2.41. The number of carbonyl (C=O) groups excluding carboxylic acids is 1. The molecule has 0 amide bonds. The van der Waals surface area contributed by atoms with E-state index in [0.29, 0.717) is 22.8 Å². The number of benzene rings is 3. The lowest BCUT2D eigenvalue weighted by Gasteiger charge is -2.32. The molecule has 3 N–H and O–H groups in total. The number of esters is 1. The SMILES string of the molecule is COC(=O)C(C)c1cccc(B2OC(C)(C)C(C)(C)O2)c1.Cc1nc2ccccc2c(C(=O)O)c1C.FC(F)(F)c1ccc(CBr)o1.NCc1ccc(Br)cc1. The van der Waals surface area contributed by atoms with Gasteiger partial charge in [-0.3, -0.25) is 9.78 Å². The summed E-state index contributed by atoms with van der Waals surface area (Å²) in [6.45, 7) is 14.2. The second kappa shape index (κ2) is 19.9. The quantitative estimate of drug-likeness (QED) is 0.0971. The second-order valence-corrected chi connectivity index (χ2v) is 15.2. The van der Waals surface area contributed by atoms with Gasteiger partial charge in [-0.2, -0.15) is 13.2 Å². The van der Waals surface area contributed by atoms with Crippen LogP contribution in [0.2, 0.25) is 0 Å². The number of nitrogens with zero attached hydrogens (tertiary/aromatic N) is 1. The molecule has 0 saturated carbocycles. The van der Waals surface area contributed by atoms with E-state index in [0.717, 1.165) is 38.3 Å². The van der Waals surface area contributed by atoms with Gasteiger partial charge in [-0.1, -0.05) is 86.5 Å². The molecule has 15 heteroatoms. The van der Waals surface area contributed by atoms with E-state index < -0.39 is 25.0 Å². The molecule has 1 fully saturated rings. The van der Waals surface area contributed by atoms with Crippen molar-refractivity contribution in [3.63, 3.8) is 0 Å². The third-order valence-electron chi connectivity index (χ3n) is 9.31. The van der Waals surface area contributed by atoms with Crippen LogP contribution in [0.15, 0.2) is 93.8 Å². The van der Waals surface area contributed by atoms with Gasteiger partial charge in [-0.25, -0.2) is 4.79 Å². The van der Waals surface area contributed by atoms with Gasteiger partial charge in [0, 0.05) is 22.1 Å². The Bertz CT molecular complexity index is 2070. The molecule has 3 aromatic carbocycles. The van der Waals surface area contributed by atoms with Crippen LogP contribution >= 0.6 is 31.9 Å². The number of para-hydroxylation sites is 1. The van der Waals surface area contributed by atoms with Crippen LogP contribution in [0, 0.1) is 13.8 Å². The first-order valence-electron chi connectivity index (χ1n) is 17.4. The number of carboxylic acid groups (broad SMARTS) is 1. The zero-order chi connectivity index (χ0) is 42.0. The molecule has 1 saturated heterocycles. The van der Waals surface area contributed by atoms with E-state index in [1.165, 1.54) is 18.7 Å². The number of methoxy groups -OCH3 is 1. The molecule has 6 rings (SSSR count). The van der Waals surface area contributed by atoms with E-state index in [2.05, 4.69) is 41.3 Å². The molecule has 9 nitrogen and oxygen atoms in total. The first kappa shape index (κ1) is 46.4. The van der Waals surface area contributed by atoms with E-state index in [9.17, 15) is 22.8 Å². The summed E-state index contributed by atoms with van der Waals surface area (Å²) < 4.78 is 57.9. The van der Waals surface area contributed by atoms with Crippen LogP contribution in [0.25, 0.3) is 10.9 Å². The van der Waals surface area contributed by atoms with Crippen LogP contribution in [-0.2, 0) is 36.9 Å². The number of nitrogens with two attached hydrogens (primary N) is 1. The van der Waals surface area contributed by atoms with Gasteiger partial charge in [0.25, 0.3) is 0 Å². The van der Waals surface area contributed by atoms with Crippen LogP contribution in [0.5, 0.6) is 0 Å². The maximum atomic E-state index is 11.8. The van der Waals surface area contributed by atoms with Crippen molar-refractivity contribution in [2.75, 3.05) is 7.11 Å². The summed E-state index contributed by atoms with van der Waals surface area (Å²) >= 11 is 6.31. The summed E-state index contributed by atoms with van der Waals surface area (Å²) in [5.41, 5.74) is 10.2. The number of pyridine rings is 1. The van der Waals surface area contributed by atoms with Crippen LogP contribution in [0.1, 0.15) is 84.8 Å². The summed E-state index contributed by atoms with van der Waals surface area (Å²) in [5, 5.41) is 10.2. The van der Waals surface area contributed by atoms with Gasteiger partial charge in [0.1, 0.15) is 5.76 Å². The predicted molar refractivity (Wildman–Crippen MR) is 219 cm³/mol. The first-order valence-corrected chi connectivity index (χ1v) is 19.4. The van der Waals surface area contributed by atoms with Gasteiger partial charge < -0.3 is 29.3 Å². The molecule has 5 aromatic rings. The molecule has 2 aromatic heterocycles. The van der Waals surface area contributed by atoms with E-state index in [1.54, 1.807) is 13.0 Å². The number of aromatic carboxylic acids is 1. The molecule has 56 heavy (non-hydrogen) atoms. The fourth-order valence-electron chi connectivity index (χ4n) is 5.20. The Kier molecular flexibility index (Phi) is 16.5. The third kappa shape index (κ3) is 12.2. The number of aryl methyl sites for hydroxylation is 1. The number of hydrogen-bond donors (Lipinski definition) is 2. The Hall–Kier alpha value is -4.02. The molecule has 0 bridgehead atoms. The zero-order valence-corrected chi connectivity index (χ0v) is 35.6. The highest BCUT2D eigenvalue weighted by atomic mass is 79.9. The topological polar surface area (TPSA) is 134 Å². The summed E-state index contributed by atoms with van der Waals surface area (Å²) in [4.78, 5) is 27.2. The minimum atomic E-state index is -4.37. The normalized spacial score (nSPS) is 14.6. The van der Waals surface area contributed by atoms with Crippen LogP contribution in [-0.4, -0.2) is 47.5 Å². The summed E-state index contributed by atoms with van der Waals surface area (Å²) in [7, 11) is 0.983. The molecule has 1 atom stereocenters. The minimum absolute atomic E-state index is 0.249. The minimum Gasteiger partial charge on any atom is -0.478 e. The highest BCUT2D eigenvalue weighted by molar-refractivity contribution is 9.10. The van der Waals surface area contributed by atoms with Gasteiger partial charge >= 0.3 is 25.2 Å². The Morgan fingerprint density at radius 2 is 1.55 bits per heavy atom.